The standard InChI is InChI=1S/C16H27NO2/c1-3-5-7-9-15-11-14(12-16(18)19)13-17(15)10-8-6-4-2/h11,13H,3-10,12H2,1-2H3,(H,18,19). The van der Waals surface area contributed by atoms with Gasteiger partial charge in [-0.25, -0.2) is 0 Å². The number of rotatable bonds is 10. The van der Waals surface area contributed by atoms with Gasteiger partial charge in [0.05, 0.1) is 6.42 Å². The monoisotopic (exact) mass is 265 g/mol. The molecule has 0 radical (unpaired) electrons. The van der Waals surface area contributed by atoms with Gasteiger partial charge in [-0.05, 0) is 30.9 Å². The maximum Gasteiger partial charge on any atom is 0.307 e. The zero-order chi connectivity index (χ0) is 14.1. The average Bonchev–Trinajstić information content (AvgIpc) is 2.71. The molecule has 108 valence electrons. The van der Waals surface area contributed by atoms with Crippen LogP contribution in [0.2, 0.25) is 0 Å². The van der Waals surface area contributed by atoms with Crippen molar-refractivity contribution in [1.29, 1.82) is 0 Å². The van der Waals surface area contributed by atoms with E-state index in [9.17, 15) is 4.79 Å². The Hall–Kier alpha value is -1.25. The first kappa shape index (κ1) is 15.8. The van der Waals surface area contributed by atoms with Crippen molar-refractivity contribution < 1.29 is 9.90 Å². The maximum atomic E-state index is 10.8. The molecular formula is C16H27NO2. The van der Waals surface area contributed by atoms with Gasteiger partial charge in [-0.1, -0.05) is 39.5 Å². The molecule has 1 aromatic rings. The summed E-state index contributed by atoms with van der Waals surface area (Å²) in [6.07, 6.45) is 10.5. The molecule has 0 saturated heterocycles. The zero-order valence-corrected chi connectivity index (χ0v) is 12.3. The molecule has 0 aliphatic heterocycles. The minimum atomic E-state index is -0.745. The third-order valence-electron chi connectivity index (χ3n) is 3.44. The van der Waals surface area contributed by atoms with Crippen LogP contribution in [-0.4, -0.2) is 15.6 Å². The molecule has 0 aliphatic carbocycles. The SMILES string of the molecule is CCCCCc1cc(CC(=O)O)cn1CCCCC. The Balaban J connectivity index is 2.66. The van der Waals surface area contributed by atoms with Gasteiger partial charge in [-0.15, -0.1) is 0 Å². The summed E-state index contributed by atoms with van der Waals surface area (Å²) in [5.41, 5.74) is 2.25. The van der Waals surface area contributed by atoms with Crippen LogP contribution in [0.1, 0.15) is 63.6 Å². The highest BCUT2D eigenvalue weighted by Gasteiger charge is 2.08. The number of hydrogen-bond acceptors (Lipinski definition) is 1. The van der Waals surface area contributed by atoms with Crippen molar-refractivity contribution in [3.05, 3.63) is 23.5 Å². The minimum absolute atomic E-state index is 0.140. The molecule has 0 aromatic carbocycles. The van der Waals surface area contributed by atoms with Gasteiger partial charge in [-0.3, -0.25) is 4.79 Å². The molecule has 0 saturated carbocycles. The van der Waals surface area contributed by atoms with Crippen LogP contribution in [0.3, 0.4) is 0 Å². The summed E-state index contributed by atoms with van der Waals surface area (Å²) >= 11 is 0. The number of aliphatic carboxylic acids is 1. The summed E-state index contributed by atoms with van der Waals surface area (Å²) in [5, 5.41) is 8.89. The highest BCUT2D eigenvalue weighted by Crippen LogP contribution is 2.15. The van der Waals surface area contributed by atoms with Gasteiger partial charge in [0, 0.05) is 18.4 Å². The molecule has 3 nitrogen and oxygen atoms in total. The molecule has 0 bridgehead atoms. The largest absolute Gasteiger partial charge is 0.481 e. The predicted octanol–water partition coefficient (Wildman–Crippen LogP) is 4.04. The Kier molecular flexibility index (Phi) is 7.31. The maximum absolute atomic E-state index is 10.8. The summed E-state index contributed by atoms with van der Waals surface area (Å²) in [6, 6.07) is 2.08. The van der Waals surface area contributed by atoms with Crippen LogP contribution in [0.15, 0.2) is 12.3 Å². The molecule has 19 heavy (non-hydrogen) atoms. The lowest BCUT2D eigenvalue weighted by molar-refractivity contribution is -0.136. The highest BCUT2D eigenvalue weighted by molar-refractivity contribution is 5.70. The molecule has 0 aliphatic rings. The summed E-state index contributed by atoms with van der Waals surface area (Å²) in [6.45, 7) is 5.43. The van der Waals surface area contributed by atoms with Gasteiger partial charge in [0.25, 0.3) is 0 Å². The lowest BCUT2D eigenvalue weighted by Gasteiger charge is -2.08. The van der Waals surface area contributed by atoms with E-state index in [-0.39, 0.29) is 6.42 Å². The number of unbranched alkanes of at least 4 members (excludes halogenated alkanes) is 4. The molecule has 1 rings (SSSR count). The van der Waals surface area contributed by atoms with Crippen LogP contribution in [0, 0.1) is 0 Å². The fraction of sp³-hybridized carbons (Fsp3) is 0.688. The van der Waals surface area contributed by atoms with E-state index in [2.05, 4.69) is 24.5 Å². The van der Waals surface area contributed by atoms with Crippen LogP contribution in [0.25, 0.3) is 0 Å². The Morgan fingerprint density at radius 3 is 2.47 bits per heavy atom. The third kappa shape index (κ3) is 5.95. The van der Waals surface area contributed by atoms with E-state index in [1.165, 1.54) is 44.2 Å². The number of aryl methyl sites for hydroxylation is 2. The smallest absolute Gasteiger partial charge is 0.307 e. The van der Waals surface area contributed by atoms with Gasteiger partial charge in [-0.2, -0.15) is 0 Å². The minimum Gasteiger partial charge on any atom is -0.481 e. The number of carboxylic acid groups (broad SMARTS) is 1. The second-order valence-corrected chi connectivity index (χ2v) is 5.27. The number of carbonyl (C=O) groups is 1. The second-order valence-electron chi connectivity index (χ2n) is 5.27. The molecule has 0 fully saturated rings. The molecule has 1 aromatic heterocycles. The van der Waals surface area contributed by atoms with Crippen molar-refractivity contribution in [3.63, 3.8) is 0 Å². The first-order chi connectivity index (χ1) is 9.17. The van der Waals surface area contributed by atoms with Gasteiger partial charge in [0.15, 0.2) is 0 Å². The topological polar surface area (TPSA) is 42.2 Å². The fourth-order valence-electron chi connectivity index (χ4n) is 2.40. The number of aromatic nitrogens is 1. The normalized spacial score (nSPS) is 10.8. The first-order valence-electron chi connectivity index (χ1n) is 7.57. The number of hydrogen-bond donors (Lipinski definition) is 1. The molecule has 1 N–H and O–H groups in total. The summed E-state index contributed by atoms with van der Waals surface area (Å²) < 4.78 is 2.27. The molecule has 3 heteroatoms. The predicted molar refractivity (Wildman–Crippen MR) is 78.5 cm³/mol. The van der Waals surface area contributed by atoms with Gasteiger partial charge in [0.1, 0.15) is 0 Å². The van der Waals surface area contributed by atoms with E-state index in [1.54, 1.807) is 0 Å². The Morgan fingerprint density at radius 1 is 1.16 bits per heavy atom. The first-order valence-corrected chi connectivity index (χ1v) is 7.57. The zero-order valence-electron chi connectivity index (χ0n) is 12.3. The summed E-state index contributed by atoms with van der Waals surface area (Å²) in [4.78, 5) is 10.8. The van der Waals surface area contributed by atoms with Crippen molar-refractivity contribution in [2.24, 2.45) is 0 Å². The Bertz CT molecular complexity index is 355. The molecule has 0 unspecified atom stereocenters. The Labute approximate surface area is 116 Å². The van der Waals surface area contributed by atoms with Crippen LogP contribution in [0.4, 0.5) is 0 Å². The number of nitrogens with zero attached hydrogens (tertiary/aromatic N) is 1. The molecular weight excluding hydrogens is 238 g/mol. The molecule has 0 amide bonds. The average molecular weight is 265 g/mol. The van der Waals surface area contributed by atoms with E-state index in [0.717, 1.165) is 18.5 Å². The molecule has 0 atom stereocenters. The van der Waals surface area contributed by atoms with E-state index in [1.807, 2.05) is 6.20 Å². The van der Waals surface area contributed by atoms with Crippen molar-refractivity contribution in [3.8, 4) is 0 Å². The van der Waals surface area contributed by atoms with Crippen LogP contribution in [0.5, 0.6) is 0 Å². The van der Waals surface area contributed by atoms with Gasteiger partial charge < -0.3 is 9.67 Å². The molecule has 0 spiro atoms. The van der Waals surface area contributed by atoms with Gasteiger partial charge >= 0.3 is 5.97 Å². The van der Waals surface area contributed by atoms with Gasteiger partial charge in [0.2, 0.25) is 0 Å². The van der Waals surface area contributed by atoms with Crippen molar-refractivity contribution in [2.75, 3.05) is 0 Å². The Morgan fingerprint density at radius 2 is 1.84 bits per heavy atom. The van der Waals surface area contributed by atoms with Crippen molar-refractivity contribution in [2.45, 2.75) is 71.8 Å². The summed E-state index contributed by atoms with van der Waals surface area (Å²) in [5.74, 6) is -0.745. The number of carboxylic acids is 1. The van der Waals surface area contributed by atoms with E-state index in [0.29, 0.717) is 0 Å². The van der Waals surface area contributed by atoms with Crippen molar-refractivity contribution >= 4 is 5.97 Å². The third-order valence-corrected chi connectivity index (χ3v) is 3.44. The molecule has 1 heterocycles. The van der Waals surface area contributed by atoms with Crippen molar-refractivity contribution in [1.82, 2.24) is 4.57 Å². The quantitative estimate of drug-likeness (QED) is 0.649. The summed E-state index contributed by atoms with van der Waals surface area (Å²) in [7, 11) is 0. The van der Waals surface area contributed by atoms with E-state index >= 15 is 0 Å². The van der Waals surface area contributed by atoms with Crippen LogP contribution in [-0.2, 0) is 24.2 Å². The van der Waals surface area contributed by atoms with Crippen LogP contribution < -0.4 is 0 Å². The second kappa shape index (κ2) is 8.78. The van der Waals surface area contributed by atoms with E-state index in [4.69, 9.17) is 5.11 Å². The highest BCUT2D eigenvalue weighted by atomic mass is 16.4. The fourth-order valence-corrected chi connectivity index (χ4v) is 2.40. The lowest BCUT2D eigenvalue weighted by Crippen LogP contribution is -2.02. The van der Waals surface area contributed by atoms with E-state index < -0.39 is 5.97 Å². The lowest BCUT2D eigenvalue weighted by atomic mass is 10.1. The van der Waals surface area contributed by atoms with Crippen LogP contribution >= 0.6 is 0 Å².